The summed E-state index contributed by atoms with van der Waals surface area (Å²) in [5.74, 6) is 1.15. The maximum Gasteiger partial charge on any atom is 0.256 e. The Bertz CT molecular complexity index is 638. The van der Waals surface area contributed by atoms with Crippen molar-refractivity contribution in [2.75, 3.05) is 13.2 Å². The van der Waals surface area contributed by atoms with Gasteiger partial charge in [0.25, 0.3) is 5.91 Å². The second kappa shape index (κ2) is 5.46. The maximum absolute atomic E-state index is 11.9. The van der Waals surface area contributed by atoms with E-state index in [4.69, 9.17) is 25.5 Å². The molecule has 0 bridgehead atoms. The summed E-state index contributed by atoms with van der Waals surface area (Å²) in [6.07, 6.45) is 1.38. The first-order valence-electron chi connectivity index (χ1n) is 6.14. The van der Waals surface area contributed by atoms with Crippen LogP contribution in [-0.4, -0.2) is 19.1 Å². The standard InChI is InChI=1S/C14H12ClNO4/c15-13-10(3-4-20-13)14(17)16-8-9-1-2-11-12(7-9)19-6-5-18-11/h1-4,7H,5-6,8H2,(H,16,17). The lowest BCUT2D eigenvalue weighted by atomic mass is 10.2. The van der Waals surface area contributed by atoms with Gasteiger partial charge in [-0.05, 0) is 35.4 Å². The number of ether oxygens (including phenoxy) is 2. The number of amides is 1. The lowest BCUT2D eigenvalue weighted by molar-refractivity contribution is 0.0950. The smallest absolute Gasteiger partial charge is 0.256 e. The Labute approximate surface area is 120 Å². The van der Waals surface area contributed by atoms with E-state index in [1.807, 2.05) is 18.2 Å². The monoisotopic (exact) mass is 293 g/mol. The van der Waals surface area contributed by atoms with Crippen molar-refractivity contribution in [1.29, 1.82) is 0 Å². The molecule has 1 amide bonds. The van der Waals surface area contributed by atoms with Crippen molar-refractivity contribution in [3.63, 3.8) is 0 Å². The molecule has 1 N–H and O–H groups in total. The van der Waals surface area contributed by atoms with Crippen molar-refractivity contribution in [1.82, 2.24) is 5.32 Å². The Balaban J connectivity index is 1.67. The number of hydrogen-bond acceptors (Lipinski definition) is 4. The van der Waals surface area contributed by atoms with Gasteiger partial charge in [-0.3, -0.25) is 4.79 Å². The number of hydrogen-bond donors (Lipinski definition) is 1. The molecule has 0 spiro atoms. The maximum atomic E-state index is 11.9. The topological polar surface area (TPSA) is 60.7 Å². The molecule has 0 fully saturated rings. The van der Waals surface area contributed by atoms with E-state index in [2.05, 4.69) is 5.32 Å². The predicted octanol–water partition coefficient (Wildman–Crippen LogP) is 2.63. The molecule has 1 aliphatic rings. The summed E-state index contributed by atoms with van der Waals surface area (Å²) in [5.41, 5.74) is 1.24. The number of benzene rings is 1. The zero-order valence-corrected chi connectivity index (χ0v) is 11.3. The van der Waals surface area contributed by atoms with Gasteiger partial charge in [-0.25, -0.2) is 0 Å². The van der Waals surface area contributed by atoms with Crippen molar-refractivity contribution in [2.45, 2.75) is 6.54 Å². The molecule has 0 atom stereocenters. The molecule has 6 heteroatoms. The average Bonchev–Trinajstić information content (AvgIpc) is 2.91. The third-order valence-electron chi connectivity index (χ3n) is 2.92. The largest absolute Gasteiger partial charge is 0.486 e. The molecule has 0 saturated carbocycles. The minimum absolute atomic E-state index is 0.0877. The summed E-state index contributed by atoms with van der Waals surface area (Å²) in [5, 5.41) is 2.86. The van der Waals surface area contributed by atoms with E-state index < -0.39 is 0 Å². The fourth-order valence-electron chi connectivity index (χ4n) is 1.93. The molecule has 0 unspecified atom stereocenters. The zero-order chi connectivity index (χ0) is 13.9. The lowest BCUT2D eigenvalue weighted by Gasteiger charge is -2.18. The number of furan rings is 1. The van der Waals surface area contributed by atoms with E-state index >= 15 is 0 Å². The summed E-state index contributed by atoms with van der Waals surface area (Å²) < 4.78 is 15.8. The SMILES string of the molecule is O=C(NCc1ccc2c(c1)OCCO2)c1ccoc1Cl. The molecule has 20 heavy (non-hydrogen) atoms. The van der Waals surface area contributed by atoms with Crippen LogP contribution in [0.5, 0.6) is 11.5 Å². The Morgan fingerprint density at radius 1 is 1.20 bits per heavy atom. The molecule has 0 aliphatic carbocycles. The molecule has 1 aromatic heterocycles. The van der Waals surface area contributed by atoms with Crippen LogP contribution in [0, 0.1) is 0 Å². The van der Waals surface area contributed by atoms with E-state index in [9.17, 15) is 4.79 Å². The summed E-state index contributed by atoms with van der Waals surface area (Å²) in [7, 11) is 0. The summed E-state index contributed by atoms with van der Waals surface area (Å²) >= 11 is 5.75. The third-order valence-corrected chi connectivity index (χ3v) is 3.21. The average molecular weight is 294 g/mol. The van der Waals surface area contributed by atoms with Gasteiger partial charge in [0.1, 0.15) is 13.2 Å². The normalized spacial score (nSPS) is 13.1. The van der Waals surface area contributed by atoms with Crippen LogP contribution in [0.4, 0.5) is 0 Å². The van der Waals surface area contributed by atoms with Gasteiger partial charge in [0, 0.05) is 6.54 Å². The number of fused-ring (bicyclic) bond motifs is 1. The van der Waals surface area contributed by atoms with E-state index in [0.717, 1.165) is 11.3 Å². The van der Waals surface area contributed by atoms with Crippen LogP contribution < -0.4 is 14.8 Å². The van der Waals surface area contributed by atoms with Crippen LogP contribution in [-0.2, 0) is 6.54 Å². The number of rotatable bonds is 3. The molecule has 1 aliphatic heterocycles. The number of carbonyl (C=O) groups excluding carboxylic acids is 1. The van der Waals surface area contributed by atoms with Gasteiger partial charge in [0.2, 0.25) is 5.22 Å². The van der Waals surface area contributed by atoms with Gasteiger partial charge in [0.15, 0.2) is 11.5 Å². The highest BCUT2D eigenvalue weighted by molar-refractivity contribution is 6.32. The highest BCUT2D eigenvalue weighted by atomic mass is 35.5. The van der Waals surface area contributed by atoms with E-state index in [0.29, 0.717) is 31.1 Å². The molecule has 2 aromatic rings. The molecule has 2 heterocycles. The quantitative estimate of drug-likeness (QED) is 0.945. The molecule has 0 saturated heterocycles. The third kappa shape index (κ3) is 2.58. The summed E-state index contributed by atoms with van der Waals surface area (Å²) in [6, 6.07) is 7.10. The first-order chi connectivity index (χ1) is 9.74. The molecule has 5 nitrogen and oxygen atoms in total. The predicted molar refractivity (Wildman–Crippen MR) is 72.3 cm³/mol. The molecule has 0 radical (unpaired) electrons. The molecule has 104 valence electrons. The van der Waals surface area contributed by atoms with Crippen LogP contribution in [0.25, 0.3) is 0 Å². The van der Waals surface area contributed by atoms with Crippen LogP contribution >= 0.6 is 11.6 Å². The van der Waals surface area contributed by atoms with Gasteiger partial charge in [-0.1, -0.05) is 6.07 Å². The van der Waals surface area contributed by atoms with Gasteiger partial charge in [-0.2, -0.15) is 0 Å². The fraction of sp³-hybridized carbons (Fsp3) is 0.214. The number of halogens is 1. The Kier molecular flexibility index (Phi) is 3.52. The zero-order valence-electron chi connectivity index (χ0n) is 10.5. The van der Waals surface area contributed by atoms with Crippen molar-refractivity contribution in [3.8, 4) is 11.5 Å². The van der Waals surface area contributed by atoms with Gasteiger partial charge in [-0.15, -0.1) is 0 Å². The van der Waals surface area contributed by atoms with Crippen molar-refractivity contribution >= 4 is 17.5 Å². The number of nitrogens with one attached hydrogen (secondary N) is 1. The van der Waals surface area contributed by atoms with Crippen LogP contribution in [0.2, 0.25) is 5.22 Å². The molecule has 1 aromatic carbocycles. The summed E-state index contributed by atoms with van der Waals surface area (Å²) in [4.78, 5) is 11.9. The Morgan fingerprint density at radius 3 is 2.75 bits per heavy atom. The highest BCUT2D eigenvalue weighted by Gasteiger charge is 2.14. The van der Waals surface area contributed by atoms with E-state index in [-0.39, 0.29) is 11.1 Å². The van der Waals surface area contributed by atoms with Crippen molar-refractivity contribution in [3.05, 3.63) is 46.9 Å². The second-order valence-electron chi connectivity index (χ2n) is 4.27. The van der Waals surface area contributed by atoms with Gasteiger partial charge < -0.3 is 19.2 Å². The van der Waals surface area contributed by atoms with Gasteiger partial charge in [0.05, 0.1) is 11.8 Å². The first kappa shape index (κ1) is 12.9. The van der Waals surface area contributed by atoms with Crippen molar-refractivity contribution in [2.24, 2.45) is 0 Å². The lowest BCUT2D eigenvalue weighted by Crippen LogP contribution is -2.23. The van der Waals surface area contributed by atoms with Crippen molar-refractivity contribution < 1.29 is 18.7 Å². The van der Waals surface area contributed by atoms with Gasteiger partial charge >= 0.3 is 0 Å². The first-order valence-corrected chi connectivity index (χ1v) is 6.51. The van der Waals surface area contributed by atoms with E-state index in [1.54, 1.807) is 0 Å². The summed E-state index contributed by atoms with van der Waals surface area (Å²) in [6.45, 7) is 1.46. The highest BCUT2D eigenvalue weighted by Crippen LogP contribution is 2.30. The van der Waals surface area contributed by atoms with Crippen LogP contribution in [0.1, 0.15) is 15.9 Å². The Hall–Kier alpha value is -2.14. The van der Waals surface area contributed by atoms with E-state index in [1.165, 1.54) is 12.3 Å². The minimum Gasteiger partial charge on any atom is -0.486 e. The second-order valence-corrected chi connectivity index (χ2v) is 4.61. The molecular formula is C14H12ClNO4. The van der Waals surface area contributed by atoms with Crippen LogP contribution in [0.15, 0.2) is 34.9 Å². The Morgan fingerprint density at radius 2 is 2.00 bits per heavy atom. The minimum atomic E-state index is -0.279. The molecule has 3 rings (SSSR count). The molecular weight excluding hydrogens is 282 g/mol. The van der Waals surface area contributed by atoms with Crippen LogP contribution in [0.3, 0.4) is 0 Å². The fourth-order valence-corrected chi connectivity index (χ4v) is 2.13. The number of carbonyl (C=O) groups is 1.